The van der Waals surface area contributed by atoms with Gasteiger partial charge in [0.05, 0.1) is 17.4 Å². The SMILES string of the molecule is CCn1nc(C)c(F)c1-c1n[nH]c(-c2cc(C(N)=O)cc3c2cnn3CCCNC)n1. The second-order valence-corrected chi connectivity index (χ2v) is 7.22. The van der Waals surface area contributed by atoms with Gasteiger partial charge in [-0.05, 0) is 46.0 Å². The fourth-order valence-electron chi connectivity index (χ4n) is 3.59. The molecule has 4 rings (SSSR count). The van der Waals surface area contributed by atoms with Crippen LogP contribution >= 0.6 is 0 Å². The second kappa shape index (κ2) is 8.26. The van der Waals surface area contributed by atoms with Crippen LogP contribution in [-0.4, -0.2) is 54.2 Å². The van der Waals surface area contributed by atoms with E-state index in [-0.39, 0.29) is 17.2 Å². The maximum absolute atomic E-state index is 14.6. The van der Waals surface area contributed by atoms with Crippen molar-refractivity contribution in [2.45, 2.75) is 33.4 Å². The summed E-state index contributed by atoms with van der Waals surface area (Å²) in [4.78, 5) is 16.5. The Morgan fingerprint density at radius 3 is 2.84 bits per heavy atom. The number of aryl methyl sites for hydroxylation is 3. The van der Waals surface area contributed by atoms with E-state index < -0.39 is 11.7 Å². The van der Waals surface area contributed by atoms with E-state index in [0.29, 0.717) is 30.0 Å². The monoisotopic (exact) mass is 425 g/mol. The van der Waals surface area contributed by atoms with Crippen LogP contribution in [0.1, 0.15) is 29.4 Å². The molecule has 0 atom stereocenters. The molecule has 0 bridgehead atoms. The molecule has 0 fully saturated rings. The number of nitrogens with zero attached hydrogens (tertiary/aromatic N) is 6. The molecular formula is C20H24FN9O. The number of hydrogen-bond acceptors (Lipinski definition) is 6. The maximum Gasteiger partial charge on any atom is 0.248 e. The molecule has 0 saturated heterocycles. The number of benzene rings is 1. The molecule has 4 N–H and O–H groups in total. The van der Waals surface area contributed by atoms with Crippen LogP contribution in [0.15, 0.2) is 18.3 Å². The van der Waals surface area contributed by atoms with Crippen LogP contribution in [-0.2, 0) is 13.1 Å². The molecule has 162 valence electrons. The van der Waals surface area contributed by atoms with E-state index in [1.807, 2.05) is 18.7 Å². The third-order valence-electron chi connectivity index (χ3n) is 5.15. The first-order valence-electron chi connectivity index (χ1n) is 10.0. The molecule has 0 aliphatic rings. The molecule has 0 radical (unpaired) electrons. The number of carbonyl (C=O) groups excluding carboxylic acids is 1. The minimum atomic E-state index is -0.559. The minimum Gasteiger partial charge on any atom is -0.366 e. The largest absolute Gasteiger partial charge is 0.366 e. The van der Waals surface area contributed by atoms with Gasteiger partial charge in [0, 0.05) is 29.6 Å². The average molecular weight is 425 g/mol. The Morgan fingerprint density at radius 1 is 1.32 bits per heavy atom. The zero-order chi connectivity index (χ0) is 22.1. The van der Waals surface area contributed by atoms with E-state index in [1.165, 1.54) is 4.68 Å². The number of fused-ring (bicyclic) bond motifs is 1. The van der Waals surface area contributed by atoms with E-state index >= 15 is 0 Å². The zero-order valence-corrected chi connectivity index (χ0v) is 17.6. The maximum atomic E-state index is 14.6. The molecule has 4 aromatic rings. The predicted octanol–water partition coefficient (Wildman–Crippen LogP) is 1.86. The molecular weight excluding hydrogens is 401 g/mol. The molecule has 31 heavy (non-hydrogen) atoms. The van der Waals surface area contributed by atoms with Gasteiger partial charge in [0.2, 0.25) is 11.7 Å². The lowest BCUT2D eigenvalue weighted by Gasteiger charge is -2.07. The van der Waals surface area contributed by atoms with Crippen LogP contribution in [0.5, 0.6) is 0 Å². The quantitative estimate of drug-likeness (QED) is 0.369. The van der Waals surface area contributed by atoms with Gasteiger partial charge < -0.3 is 11.1 Å². The first-order chi connectivity index (χ1) is 14.9. The number of amides is 1. The van der Waals surface area contributed by atoms with Gasteiger partial charge >= 0.3 is 0 Å². The van der Waals surface area contributed by atoms with E-state index in [2.05, 4.69) is 30.7 Å². The summed E-state index contributed by atoms with van der Waals surface area (Å²) in [6.45, 7) is 5.45. The molecule has 0 saturated carbocycles. The summed E-state index contributed by atoms with van der Waals surface area (Å²) in [5.41, 5.74) is 7.77. The number of aromatic amines is 1. The third-order valence-corrected chi connectivity index (χ3v) is 5.15. The molecule has 11 heteroatoms. The molecule has 3 aromatic heterocycles. The van der Waals surface area contributed by atoms with Crippen molar-refractivity contribution in [3.63, 3.8) is 0 Å². The standard InChI is InChI=1S/C20H24FN9O/c1-4-29-17(16(21)11(2)28-29)20-25-19(26-27-20)13-8-12(18(22)31)9-15-14(13)10-24-30(15)7-5-6-23-3/h8-10,23H,4-7H2,1-3H3,(H2,22,31)(H,25,26,27). The summed E-state index contributed by atoms with van der Waals surface area (Å²) in [5.74, 6) is -0.440. The molecule has 0 aliphatic heterocycles. The summed E-state index contributed by atoms with van der Waals surface area (Å²) in [6, 6.07) is 3.37. The number of carbonyl (C=O) groups is 1. The van der Waals surface area contributed by atoms with Crippen molar-refractivity contribution < 1.29 is 9.18 Å². The van der Waals surface area contributed by atoms with Crippen LogP contribution in [0.2, 0.25) is 0 Å². The second-order valence-electron chi connectivity index (χ2n) is 7.22. The Labute approximate surface area is 177 Å². The Hall–Kier alpha value is -3.60. The first-order valence-corrected chi connectivity index (χ1v) is 10.0. The summed E-state index contributed by atoms with van der Waals surface area (Å²) in [7, 11) is 1.89. The van der Waals surface area contributed by atoms with E-state index in [1.54, 1.807) is 25.3 Å². The normalized spacial score (nSPS) is 11.5. The summed E-state index contributed by atoms with van der Waals surface area (Å²) >= 11 is 0. The van der Waals surface area contributed by atoms with Gasteiger partial charge in [-0.3, -0.25) is 19.3 Å². The van der Waals surface area contributed by atoms with Crippen LogP contribution in [0, 0.1) is 12.7 Å². The number of nitrogens with two attached hydrogens (primary N) is 1. The highest BCUT2D eigenvalue weighted by Gasteiger charge is 2.22. The molecule has 10 nitrogen and oxygen atoms in total. The number of nitrogens with one attached hydrogen (secondary N) is 2. The lowest BCUT2D eigenvalue weighted by Crippen LogP contribution is -2.13. The number of halogens is 1. The number of H-pyrrole nitrogens is 1. The molecule has 1 amide bonds. The predicted molar refractivity (Wildman–Crippen MR) is 114 cm³/mol. The fourth-order valence-corrected chi connectivity index (χ4v) is 3.59. The van der Waals surface area contributed by atoms with Gasteiger partial charge in [0.1, 0.15) is 5.69 Å². The molecule has 0 aliphatic carbocycles. The van der Waals surface area contributed by atoms with Crippen LogP contribution in [0.25, 0.3) is 33.8 Å². The third kappa shape index (κ3) is 3.67. The van der Waals surface area contributed by atoms with Gasteiger partial charge in [-0.1, -0.05) is 0 Å². The van der Waals surface area contributed by atoms with Crippen molar-refractivity contribution in [2.24, 2.45) is 5.73 Å². The van der Waals surface area contributed by atoms with Crippen molar-refractivity contribution in [3.05, 3.63) is 35.4 Å². The zero-order valence-electron chi connectivity index (χ0n) is 17.6. The van der Waals surface area contributed by atoms with Gasteiger partial charge in [-0.25, -0.2) is 9.37 Å². The smallest absolute Gasteiger partial charge is 0.248 e. The summed E-state index contributed by atoms with van der Waals surface area (Å²) in [5, 5.41) is 19.6. The van der Waals surface area contributed by atoms with E-state index in [9.17, 15) is 9.18 Å². The molecule has 0 unspecified atom stereocenters. The van der Waals surface area contributed by atoms with Gasteiger partial charge in [0.15, 0.2) is 11.6 Å². The number of rotatable bonds is 8. The van der Waals surface area contributed by atoms with E-state index in [0.717, 1.165) is 23.9 Å². The Morgan fingerprint density at radius 2 is 2.13 bits per heavy atom. The molecule has 0 spiro atoms. The first kappa shape index (κ1) is 20.7. The van der Waals surface area contributed by atoms with Crippen molar-refractivity contribution in [2.75, 3.05) is 13.6 Å². The fraction of sp³-hybridized carbons (Fsp3) is 0.350. The van der Waals surface area contributed by atoms with Crippen LogP contribution in [0.4, 0.5) is 4.39 Å². The highest BCUT2D eigenvalue weighted by molar-refractivity contribution is 6.02. The van der Waals surface area contributed by atoms with Gasteiger partial charge in [0.25, 0.3) is 0 Å². The van der Waals surface area contributed by atoms with Crippen molar-refractivity contribution in [1.82, 2.24) is 40.1 Å². The highest BCUT2D eigenvalue weighted by atomic mass is 19.1. The lowest BCUT2D eigenvalue weighted by atomic mass is 10.0. The number of primary amides is 1. The minimum absolute atomic E-state index is 0.189. The molecule has 3 heterocycles. The topological polar surface area (TPSA) is 132 Å². The van der Waals surface area contributed by atoms with E-state index in [4.69, 9.17) is 5.73 Å². The van der Waals surface area contributed by atoms with Crippen LogP contribution in [0.3, 0.4) is 0 Å². The average Bonchev–Trinajstić information content (AvgIpc) is 3.46. The van der Waals surface area contributed by atoms with Crippen LogP contribution < -0.4 is 11.1 Å². The highest BCUT2D eigenvalue weighted by Crippen LogP contribution is 2.30. The van der Waals surface area contributed by atoms with Gasteiger partial charge in [-0.2, -0.15) is 15.3 Å². The lowest BCUT2D eigenvalue weighted by molar-refractivity contribution is 0.100. The van der Waals surface area contributed by atoms with Crippen molar-refractivity contribution in [1.29, 1.82) is 0 Å². The number of aromatic nitrogens is 7. The molecule has 1 aromatic carbocycles. The Kier molecular flexibility index (Phi) is 5.51. The summed E-state index contributed by atoms with van der Waals surface area (Å²) in [6.07, 6.45) is 2.59. The van der Waals surface area contributed by atoms with Crippen molar-refractivity contribution >= 4 is 16.8 Å². The Bertz CT molecular complexity index is 1250. The van der Waals surface area contributed by atoms with Crippen molar-refractivity contribution in [3.8, 4) is 22.9 Å². The Balaban J connectivity index is 1.82. The van der Waals surface area contributed by atoms with Gasteiger partial charge in [-0.15, -0.1) is 0 Å². The number of hydrogen-bond donors (Lipinski definition) is 3. The summed E-state index contributed by atoms with van der Waals surface area (Å²) < 4.78 is 18.0.